The topological polar surface area (TPSA) is 78.9 Å². The van der Waals surface area contributed by atoms with Crippen LogP contribution in [0.25, 0.3) is 0 Å². The first kappa shape index (κ1) is 19.0. The van der Waals surface area contributed by atoms with Gasteiger partial charge in [-0.1, -0.05) is 12.1 Å². The summed E-state index contributed by atoms with van der Waals surface area (Å²) in [4.78, 5) is 15.1. The van der Waals surface area contributed by atoms with Crippen LogP contribution in [-0.2, 0) is 21.2 Å². The lowest BCUT2D eigenvalue weighted by Gasteiger charge is -2.28. The molecular formula is C18H27N3O4S. The number of sulfonamides is 1. The number of nitrogens with one attached hydrogen (secondary N) is 1. The molecule has 0 atom stereocenters. The molecule has 0 saturated carbocycles. The molecule has 2 saturated heterocycles. The highest BCUT2D eigenvalue weighted by Crippen LogP contribution is 2.20. The minimum Gasteiger partial charge on any atom is -0.448 e. The summed E-state index contributed by atoms with van der Waals surface area (Å²) in [6.45, 7) is 3.54. The molecule has 1 aromatic rings. The SMILES string of the molecule is O=C1OCCN1CCS(=O)(=O)NCCc1ccc(N2CCCCC2)cc1. The van der Waals surface area contributed by atoms with Crippen molar-refractivity contribution in [1.29, 1.82) is 0 Å². The van der Waals surface area contributed by atoms with Crippen LogP contribution in [0.15, 0.2) is 24.3 Å². The Hall–Kier alpha value is -1.80. The van der Waals surface area contributed by atoms with Crippen LogP contribution in [0.3, 0.4) is 0 Å². The van der Waals surface area contributed by atoms with E-state index in [0.29, 0.717) is 26.1 Å². The quantitative estimate of drug-likeness (QED) is 0.740. The van der Waals surface area contributed by atoms with E-state index in [1.54, 1.807) is 0 Å². The van der Waals surface area contributed by atoms with E-state index in [0.717, 1.165) is 18.7 Å². The van der Waals surface area contributed by atoms with E-state index >= 15 is 0 Å². The summed E-state index contributed by atoms with van der Waals surface area (Å²) in [7, 11) is -3.40. The van der Waals surface area contributed by atoms with Gasteiger partial charge < -0.3 is 14.5 Å². The van der Waals surface area contributed by atoms with Gasteiger partial charge in [-0.25, -0.2) is 17.9 Å². The summed E-state index contributed by atoms with van der Waals surface area (Å²) in [5.41, 5.74) is 2.35. The molecule has 2 fully saturated rings. The zero-order chi connectivity index (χ0) is 18.4. The number of carbonyl (C=O) groups is 1. The van der Waals surface area contributed by atoms with E-state index in [1.165, 1.54) is 29.8 Å². The van der Waals surface area contributed by atoms with Gasteiger partial charge in [0.2, 0.25) is 10.0 Å². The third-order valence-corrected chi connectivity index (χ3v) is 6.23. The molecule has 0 aliphatic carbocycles. The number of rotatable bonds is 8. The standard InChI is InChI=1S/C18H27N3O4S/c22-18-21(12-14-25-18)13-15-26(23,24)19-9-8-16-4-6-17(7-5-16)20-10-2-1-3-11-20/h4-7,19H,1-3,8-15H2. The number of anilines is 1. The lowest BCUT2D eigenvalue weighted by atomic mass is 10.1. The fourth-order valence-electron chi connectivity index (χ4n) is 3.31. The van der Waals surface area contributed by atoms with Gasteiger partial charge in [-0.15, -0.1) is 0 Å². The second kappa shape index (κ2) is 8.73. The minimum atomic E-state index is -3.40. The summed E-state index contributed by atoms with van der Waals surface area (Å²) >= 11 is 0. The Balaban J connectivity index is 1.41. The van der Waals surface area contributed by atoms with Crippen LogP contribution in [0.5, 0.6) is 0 Å². The first-order chi connectivity index (χ1) is 12.5. The molecular weight excluding hydrogens is 354 g/mol. The largest absolute Gasteiger partial charge is 0.448 e. The number of amides is 1. The molecule has 0 unspecified atom stereocenters. The smallest absolute Gasteiger partial charge is 0.409 e. The number of hydrogen-bond donors (Lipinski definition) is 1. The summed E-state index contributed by atoms with van der Waals surface area (Å²) in [6, 6.07) is 8.37. The molecule has 8 heteroatoms. The number of cyclic esters (lactones) is 1. The highest BCUT2D eigenvalue weighted by molar-refractivity contribution is 7.89. The molecule has 2 heterocycles. The van der Waals surface area contributed by atoms with Crippen molar-refractivity contribution in [1.82, 2.24) is 9.62 Å². The Morgan fingerprint density at radius 2 is 1.77 bits per heavy atom. The van der Waals surface area contributed by atoms with Crippen molar-refractivity contribution in [3.05, 3.63) is 29.8 Å². The molecule has 1 amide bonds. The van der Waals surface area contributed by atoms with Crippen LogP contribution in [0.1, 0.15) is 24.8 Å². The summed E-state index contributed by atoms with van der Waals surface area (Å²) in [6.07, 6.45) is 4.02. The zero-order valence-electron chi connectivity index (χ0n) is 15.0. The van der Waals surface area contributed by atoms with Crippen LogP contribution in [0, 0.1) is 0 Å². The third kappa shape index (κ3) is 5.35. The van der Waals surface area contributed by atoms with Gasteiger partial charge in [-0.3, -0.25) is 0 Å². The average Bonchev–Trinajstić information content (AvgIpc) is 3.06. The van der Waals surface area contributed by atoms with E-state index in [4.69, 9.17) is 4.74 Å². The van der Waals surface area contributed by atoms with Gasteiger partial charge in [-0.2, -0.15) is 0 Å². The predicted molar refractivity (Wildman–Crippen MR) is 101 cm³/mol. The van der Waals surface area contributed by atoms with Crippen molar-refractivity contribution < 1.29 is 17.9 Å². The minimum absolute atomic E-state index is 0.101. The number of carbonyl (C=O) groups excluding carboxylic acids is 1. The second-order valence-corrected chi connectivity index (χ2v) is 8.71. The normalized spacial score (nSPS) is 18.2. The molecule has 2 aliphatic rings. The van der Waals surface area contributed by atoms with Crippen molar-refractivity contribution in [2.45, 2.75) is 25.7 Å². The molecule has 0 radical (unpaired) electrons. The highest BCUT2D eigenvalue weighted by Gasteiger charge is 2.23. The van der Waals surface area contributed by atoms with Gasteiger partial charge in [0.1, 0.15) is 6.61 Å². The van der Waals surface area contributed by atoms with E-state index in [1.807, 2.05) is 0 Å². The molecule has 7 nitrogen and oxygen atoms in total. The first-order valence-corrected chi connectivity index (χ1v) is 10.9. The fourth-order valence-corrected chi connectivity index (χ4v) is 4.33. The van der Waals surface area contributed by atoms with E-state index in [9.17, 15) is 13.2 Å². The van der Waals surface area contributed by atoms with Crippen LogP contribution < -0.4 is 9.62 Å². The van der Waals surface area contributed by atoms with E-state index in [-0.39, 0.29) is 12.3 Å². The number of piperidine rings is 1. The first-order valence-electron chi connectivity index (χ1n) is 9.26. The summed E-state index contributed by atoms with van der Waals surface area (Å²) < 4.78 is 31.5. The Kier molecular flexibility index (Phi) is 6.37. The third-order valence-electron chi connectivity index (χ3n) is 4.87. The van der Waals surface area contributed by atoms with Crippen LogP contribution in [0.4, 0.5) is 10.5 Å². The molecule has 1 N–H and O–H groups in total. The van der Waals surface area contributed by atoms with Crippen molar-refractivity contribution in [3.8, 4) is 0 Å². The maximum atomic E-state index is 12.0. The molecule has 2 aliphatic heterocycles. The van der Waals surface area contributed by atoms with E-state index < -0.39 is 16.1 Å². The Bertz CT molecular complexity index is 700. The summed E-state index contributed by atoms with van der Waals surface area (Å²) in [5, 5.41) is 0. The second-order valence-electron chi connectivity index (χ2n) is 6.78. The lowest BCUT2D eigenvalue weighted by molar-refractivity contribution is 0.160. The molecule has 0 spiro atoms. The zero-order valence-corrected chi connectivity index (χ0v) is 15.8. The maximum Gasteiger partial charge on any atom is 0.409 e. The van der Waals surface area contributed by atoms with Crippen molar-refractivity contribution >= 4 is 21.8 Å². The van der Waals surface area contributed by atoms with Gasteiger partial charge in [-0.05, 0) is 43.4 Å². The van der Waals surface area contributed by atoms with Gasteiger partial charge in [0.15, 0.2) is 0 Å². The van der Waals surface area contributed by atoms with E-state index in [2.05, 4.69) is 33.9 Å². The number of ether oxygens (including phenoxy) is 1. The van der Waals surface area contributed by atoms with Gasteiger partial charge in [0.25, 0.3) is 0 Å². The molecule has 1 aromatic carbocycles. The van der Waals surface area contributed by atoms with Crippen LogP contribution in [-0.4, -0.2) is 64.5 Å². The summed E-state index contributed by atoms with van der Waals surface area (Å²) in [5.74, 6) is -0.101. The monoisotopic (exact) mass is 381 g/mol. The Labute approximate surface area is 155 Å². The Morgan fingerprint density at radius 3 is 2.42 bits per heavy atom. The molecule has 0 aromatic heterocycles. The maximum absolute atomic E-state index is 12.0. The lowest BCUT2D eigenvalue weighted by Crippen LogP contribution is -2.35. The highest BCUT2D eigenvalue weighted by atomic mass is 32.2. The number of hydrogen-bond acceptors (Lipinski definition) is 5. The van der Waals surface area contributed by atoms with Gasteiger partial charge in [0.05, 0.1) is 12.3 Å². The predicted octanol–water partition coefficient (Wildman–Crippen LogP) is 1.59. The van der Waals surface area contributed by atoms with Crippen molar-refractivity contribution in [2.75, 3.05) is 50.0 Å². The molecule has 26 heavy (non-hydrogen) atoms. The average molecular weight is 381 g/mol. The van der Waals surface area contributed by atoms with Gasteiger partial charge >= 0.3 is 6.09 Å². The van der Waals surface area contributed by atoms with Crippen molar-refractivity contribution in [2.24, 2.45) is 0 Å². The van der Waals surface area contributed by atoms with Crippen molar-refractivity contribution in [3.63, 3.8) is 0 Å². The molecule has 144 valence electrons. The number of nitrogens with zero attached hydrogens (tertiary/aromatic N) is 2. The van der Waals surface area contributed by atoms with Gasteiger partial charge in [0, 0.05) is 31.9 Å². The van der Waals surface area contributed by atoms with Crippen LogP contribution >= 0.6 is 0 Å². The molecule has 0 bridgehead atoms. The van der Waals surface area contributed by atoms with Crippen LogP contribution in [0.2, 0.25) is 0 Å². The fraction of sp³-hybridized carbons (Fsp3) is 0.611. The number of benzene rings is 1. The molecule has 3 rings (SSSR count). The Morgan fingerprint density at radius 1 is 1.04 bits per heavy atom.